The van der Waals surface area contributed by atoms with Gasteiger partial charge in [-0.1, -0.05) is 15.9 Å². The molecule has 1 aliphatic rings. The minimum atomic E-state index is -0.528. The van der Waals surface area contributed by atoms with Gasteiger partial charge in [0, 0.05) is 23.4 Å². The van der Waals surface area contributed by atoms with Crippen molar-refractivity contribution in [2.24, 2.45) is 5.73 Å². The van der Waals surface area contributed by atoms with Crippen LogP contribution in [-0.4, -0.2) is 12.3 Å². The molecule has 2 rings (SSSR count). The smallest absolute Gasteiger partial charge is 0.208 e. The summed E-state index contributed by atoms with van der Waals surface area (Å²) in [6.45, 7) is 3.22. The van der Waals surface area contributed by atoms with E-state index in [1.807, 2.05) is 25.1 Å². The summed E-state index contributed by atoms with van der Waals surface area (Å²) in [6, 6.07) is 5.98. The van der Waals surface area contributed by atoms with E-state index < -0.39 is 5.79 Å². The highest BCUT2D eigenvalue weighted by molar-refractivity contribution is 9.10. The number of hydrogen-bond donors (Lipinski definition) is 1. The maximum Gasteiger partial charge on any atom is 0.208 e. The van der Waals surface area contributed by atoms with Crippen LogP contribution in [0.4, 0.5) is 0 Å². The van der Waals surface area contributed by atoms with Crippen molar-refractivity contribution in [3.8, 4) is 5.75 Å². The van der Waals surface area contributed by atoms with Crippen LogP contribution in [0.2, 0.25) is 0 Å². The summed E-state index contributed by atoms with van der Waals surface area (Å²) in [6.07, 6.45) is 1.72. The van der Waals surface area contributed by atoms with Gasteiger partial charge in [0.05, 0.1) is 6.61 Å². The number of halogens is 1. The molecule has 0 fully saturated rings. The second-order valence-electron chi connectivity index (χ2n) is 4.17. The molecule has 0 aromatic heterocycles. The molecule has 3 nitrogen and oxygen atoms in total. The Morgan fingerprint density at radius 2 is 2.31 bits per heavy atom. The fourth-order valence-electron chi connectivity index (χ4n) is 1.80. The van der Waals surface area contributed by atoms with Crippen LogP contribution in [-0.2, 0) is 11.3 Å². The normalized spacial score (nSPS) is 23.7. The van der Waals surface area contributed by atoms with Crippen LogP contribution in [0.25, 0.3) is 0 Å². The van der Waals surface area contributed by atoms with E-state index in [0.717, 1.165) is 28.6 Å². The van der Waals surface area contributed by atoms with Gasteiger partial charge in [0.15, 0.2) is 0 Å². The number of nitrogens with two attached hydrogens (primary N) is 1. The van der Waals surface area contributed by atoms with E-state index in [1.165, 1.54) is 0 Å². The quantitative estimate of drug-likeness (QED) is 0.929. The summed E-state index contributed by atoms with van der Waals surface area (Å²) in [5.41, 5.74) is 6.58. The molecule has 1 heterocycles. The summed E-state index contributed by atoms with van der Waals surface area (Å²) in [5, 5.41) is 0. The summed E-state index contributed by atoms with van der Waals surface area (Å²) < 4.78 is 12.7. The first-order valence-corrected chi connectivity index (χ1v) is 6.24. The maximum absolute atomic E-state index is 5.88. The molecular weight excluding hydrogens is 270 g/mol. The monoisotopic (exact) mass is 285 g/mol. The molecule has 0 aliphatic carbocycles. The first-order chi connectivity index (χ1) is 7.63. The molecule has 1 unspecified atom stereocenters. The second-order valence-corrected chi connectivity index (χ2v) is 5.08. The fourth-order valence-corrected chi connectivity index (χ4v) is 2.21. The number of rotatable bonds is 3. The highest BCUT2D eigenvalue weighted by atomic mass is 79.9. The summed E-state index contributed by atoms with van der Waals surface area (Å²) >= 11 is 3.43. The van der Waals surface area contributed by atoms with Gasteiger partial charge in [-0.2, -0.15) is 0 Å². The van der Waals surface area contributed by atoms with Crippen LogP contribution < -0.4 is 10.5 Å². The Bertz CT molecular complexity index is 383. The van der Waals surface area contributed by atoms with Crippen molar-refractivity contribution in [3.63, 3.8) is 0 Å². The predicted octanol–water partition coefficient (Wildman–Crippen LogP) is 2.81. The second kappa shape index (κ2) is 4.73. The highest BCUT2D eigenvalue weighted by Gasteiger charge is 2.31. The Kier molecular flexibility index (Phi) is 3.52. The van der Waals surface area contributed by atoms with Gasteiger partial charge in [-0.15, -0.1) is 0 Å². The minimum Gasteiger partial charge on any atom is -0.462 e. The summed E-state index contributed by atoms with van der Waals surface area (Å²) in [4.78, 5) is 0. The largest absolute Gasteiger partial charge is 0.462 e. The topological polar surface area (TPSA) is 44.5 Å². The van der Waals surface area contributed by atoms with E-state index >= 15 is 0 Å². The number of hydrogen-bond acceptors (Lipinski definition) is 3. The molecule has 1 aromatic rings. The molecule has 1 aliphatic heterocycles. The lowest BCUT2D eigenvalue weighted by Crippen LogP contribution is -2.39. The molecule has 0 saturated carbocycles. The van der Waals surface area contributed by atoms with Crippen LogP contribution >= 0.6 is 15.9 Å². The van der Waals surface area contributed by atoms with Gasteiger partial charge in [-0.05, 0) is 31.2 Å². The zero-order chi connectivity index (χ0) is 11.6. The van der Waals surface area contributed by atoms with Gasteiger partial charge in [0.25, 0.3) is 0 Å². The van der Waals surface area contributed by atoms with E-state index in [-0.39, 0.29) is 0 Å². The van der Waals surface area contributed by atoms with Gasteiger partial charge < -0.3 is 15.2 Å². The minimum absolute atomic E-state index is 0.528. The van der Waals surface area contributed by atoms with Gasteiger partial charge >= 0.3 is 0 Å². The molecule has 0 bridgehead atoms. The van der Waals surface area contributed by atoms with Crippen LogP contribution in [0.3, 0.4) is 0 Å². The molecule has 0 spiro atoms. The van der Waals surface area contributed by atoms with Crippen molar-refractivity contribution in [2.75, 3.05) is 6.54 Å². The zero-order valence-corrected chi connectivity index (χ0v) is 10.9. The third-order valence-electron chi connectivity index (χ3n) is 2.72. The first kappa shape index (κ1) is 11.9. The molecule has 0 amide bonds. The molecular formula is C12H16BrNO2. The molecule has 2 N–H and O–H groups in total. The van der Waals surface area contributed by atoms with Crippen molar-refractivity contribution >= 4 is 15.9 Å². The Morgan fingerprint density at radius 3 is 3.06 bits per heavy atom. The first-order valence-electron chi connectivity index (χ1n) is 5.44. The van der Waals surface area contributed by atoms with E-state index in [4.69, 9.17) is 15.2 Å². The maximum atomic E-state index is 5.88. The van der Waals surface area contributed by atoms with Crippen LogP contribution in [0.15, 0.2) is 22.7 Å². The van der Waals surface area contributed by atoms with Crippen LogP contribution in [0.1, 0.15) is 25.3 Å². The third kappa shape index (κ3) is 2.56. The summed E-state index contributed by atoms with van der Waals surface area (Å²) in [5.74, 6) is 0.384. The van der Waals surface area contributed by atoms with Crippen molar-refractivity contribution in [1.29, 1.82) is 0 Å². The van der Waals surface area contributed by atoms with E-state index in [1.54, 1.807) is 0 Å². The predicted molar refractivity (Wildman–Crippen MR) is 66.3 cm³/mol. The average Bonchev–Trinajstić information content (AvgIpc) is 2.27. The van der Waals surface area contributed by atoms with Gasteiger partial charge in [0.2, 0.25) is 5.79 Å². The molecule has 1 aromatic carbocycles. The Morgan fingerprint density at radius 1 is 1.50 bits per heavy atom. The molecule has 0 saturated heterocycles. The fraction of sp³-hybridized carbons (Fsp3) is 0.500. The van der Waals surface area contributed by atoms with Crippen molar-refractivity contribution in [3.05, 3.63) is 28.2 Å². The SMILES string of the molecule is CC1(CCCN)OCc2cc(Br)ccc2O1. The van der Waals surface area contributed by atoms with Crippen molar-refractivity contribution < 1.29 is 9.47 Å². The number of ether oxygens (including phenoxy) is 2. The molecule has 4 heteroatoms. The van der Waals surface area contributed by atoms with Gasteiger partial charge in [0.1, 0.15) is 5.75 Å². The van der Waals surface area contributed by atoms with Crippen molar-refractivity contribution in [2.45, 2.75) is 32.2 Å². The van der Waals surface area contributed by atoms with E-state index in [0.29, 0.717) is 13.2 Å². The standard InChI is InChI=1S/C12H16BrNO2/c1-12(5-2-6-14)15-8-9-7-10(13)3-4-11(9)16-12/h3-4,7H,2,5-6,8,14H2,1H3. The lowest BCUT2D eigenvalue weighted by molar-refractivity contribution is -0.197. The van der Waals surface area contributed by atoms with Crippen LogP contribution in [0, 0.1) is 0 Å². The Hall–Kier alpha value is -0.580. The van der Waals surface area contributed by atoms with Gasteiger partial charge in [-0.25, -0.2) is 0 Å². The molecule has 88 valence electrons. The number of benzene rings is 1. The average molecular weight is 286 g/mol. The van der Waals surface area contributed by atoms with Gasteiger partial charge in [-0.3, -0.25) is 0 Å². The van der Waals surface area contributed by atoms with Crippen LogP contribution in [0.5, 0.6) is 5.75 Å². The van der Waals surface area contributed by atoms with Crippen molar-refractivity contribution in [1.82, 2.24) is 0 Å². The Labute approximate surface area is 104 Å². The van der Waals surface area contributed by atoms with E-state index in [2.05, 4.69) is 15.9 Å². The zero-order valence-electron chi connectivity index (χ0n) is 9.33. The summed E-state index contributed by atoms with van der Waals surface area (Å²) in [7, 11) is 0. The molecule has 16 heavy (non-hydrogen) atoms. The third-order valence-corrected chi connectivity index (χ3v) is 3.21. The lowest BCUT2D eigenvalue weighted by Gasteiger charge is -2.35. The molecule has 0 radical (unpaired) electrons. The molecule has 1 atom stereocenters. The van der Waals surface area contributed by atoms with E-state index in [9.17, 15) is 0 Å². The highest BCUT2D eigenvalue weighted by Crippen LogP contribution is 2.34. The lowest BCUT2D eigenvalue weighted by atomic mass is 10.1. The Balaban J connectivity index is 2.14. The number of fused-ring (bicyclic) bond motifs is 1.